The lowest BCUT2D eigenvalue weighted by molar-refractivity contribution is 0.0527. The number of carbonyl (C=O) groups is 1. The number of halogens is 2. The van der Waals surface area contributed by atoms with Gasteiger partial charge in [0, 0.05) is 18.8 Å². The highest BCUT2D eigenvalue weighted by molar-refractivity contribution is 6.39. The van der Waals surface area contributed by atoms with E-state index in [0.717, 1.165) is 0 Å². The minimum absolute atomic E-state index is 0.295. The third kappa shape index (κ3) is 2.74. The Morgan fingerprint density at radius 1 is 1.37 bits per heavy atom. The van der Waals surface area contributed by atoms with Gasteiger partial charge in [0.25, 0.3) is 0 Å². The number of aryl methyl sites for hydroxylation is 1. The minimum Gasteiger partial charge on any atom is -0.462 e. The van der Waals surface area contributed by atoms with Crippen LogP contribution in [0, 0.1) is 0 Å². The minimum atomic E-state index is -0.443. The maximum absolute atomic E-state index is 11.9. The summed E-state index contributed by atoms with van der Waals surface area (Å²) >= 11 is 12.3. The van der Waals surface area contributed by atoms with Gasteiger partial charge >= 0.3 is 5.97 Å². The molecule has 0 spiro atoms. The molecule has 1 heterocycles. The fraction of sp³-hybridized carbons (Fsp3) is 0.231. The molecule has 1 aromatic carbocycles. The number of nitrogens with zero attached hydrogens (tertiary/aromatic N) is 2. The topological polar surface area (TPSA) is 44.1 Å². The average molecular weight is 299 g/mol. The Hall–Kier alpha value is -1.52. The van der Waals surface area contributed by atoms with E-state index in [1.54, 1.807) is 38.4 Å². The Balaban J connectivity index is 2.60. The van der Waals surface area contributed by atoms with E-state index < -0.39 is 5.97 Å². The fourth-order valence-corrected chi connectivity index (χ4v) is 2.33. The maximum Gasteiger partial charge on any atom is 0.341 e. The van der Waals surface area contributed by atoms with Crippen LogP contribution in [0.4, 0.5) is 0 Å². The van der Waals surface area contributed by atoms with Crippen LogP contribution in [0.15, 0.2) is 24.4 Å². The third-order valence-electron chi connectivity index (χ3n) is 2.52. The molecule has 0 atom stereocenters. The summed E-state index contributed by atoms with van der Waals surface area (Å²) in [5.41, 5.74) is 1.31. The van der Waals surface area contributed by atoms with Crippen molar-refractivity contribution in [3.05, 3.63) is 40.0 Å². The number of aromatic nitrogens is 2. The van der Waals surface area contributed by atoms with Crippen molar-refractivity contribution < 1.29 is 9.53 Å². The molecular weight excluding hydrogens is 287 g/mol. The van der Waals surface area contributed by atoms with Crippen molar-refractivity contribution in [1.29, 1.82) is 0 Å². The molecule has 19 heavy (non-hydrogen) atoms. The smallest absolute Gasteiger partial charge is 0.341 e. The quantitative estimate of drug-likeness (QED) is 0.814. The number of carbonyl (C=O) groups excluding carboxylic acids is 1. The van der Waals surface area contributed by atoms with Gasteiger partial charge in [-0.2, -0.15) is 5.10 Å². The number of ether oxygens (including phenoxy) is 1. The summed E-state index contributed by atoms with van der Waals surface area (Å²) in [5.74, 6) is -0.443. The second-order valence-corrected chi connectivity index (χ2v) is 4.70. The van der Waals surface area contributed by atoms with Crippen molar-refractivity contribution in [2.75, 3.05) is 6.61 Å². The van der Waals surface area contributed by atoms with E-state index in [2.05, 4.69) is 5.10 Å². The maximum atomic E-state index is 11.9. The third-order valence-corrected chi connectivity index (χ3v) is 3.15. The van der Waals surface area contributed by atoms with Gasteiger partial charge in [-0.05, 0) is 19.1 Å². The van der Waals surface area contributed by atoms with Gasteiger partial charge in [-0.1, -0.05) is 29.3 Å². The van der Waals surface area contributed by atoms with Crippen LogP contribution in [0.5, 0.6) is 0 Å². The first-order chi connectivity index (χ1) is 9.04. The largest absolute Gasteiger partial charge is 0.462 e. The highest BCUT2D eigenvalue weighted by Crippen LogP contribution is 2.35. The number of benzene rings is 1. The Labute approximate surface area is 120 Å². The van der Waals surface area contributed by atoms with E-state index in [1.165, 1.54) is 4.68 Å². The zero-order chi connectivity index (χ0) is 14.0. The summed E-state index contributed by atoms with van der Waals surface area (Å²) in [7, 11) is 1.72. The average Bonchev–Trinajstić information content (AvgIpc) is 2.71. The fourth-order valence-electron chi connectivity index (χ4n) is 1.76. The van der Waals surface area contributed by atoms with Crippen LogP contribution in [0.25, 0.3) is 11.3 Å². The molecule has 0 amide bonds. The van der Waals surface area contributed by atoms with Gasteiger partial charge < -0.3 is 4.74 Å². The van der Waals surface area contributed by atoms with Gasteiger partial charge in [0.2, 0.25) is 0 Å². The van der Waals surface area contributed by atoms with Crippen molar-refractivity contribution >= 4 is 29.2 Å². The van der Waals surface area contributed by atoms with E-state index in [-0.39, 0.29) is 0 Å². The van der Waals surface area contributed by atoms with Crippen LogP contribution >= 0.6 is 23.2 Å². The molecule has 6 heteroatoms. The predicted molar refractivity (Wildman–Crippen MR) is 74.6 cm³/mol. The molecule has 0 aliphatic rings. The molecule has 2 rings (SSSR count). The van der Waals surface area contributed by atoms with E-state index >= 15 is 0 Å². The summed E-state index contributed by atoms with van der Waals surface area (Å²) in [4.78, 5) is 11.9. The molecule has 0 aliphatic carbocycles. The summed E-state index contributed by atoms with van der Waals surface area (Å²) in [6.07, 6.45) is 1.59. The van der Waals surface area contributed by atoms with E-state index in [4.69, 9.17) is 27.9 Å². The molecule has 100 valence electrons. The summed E-state index contributed by atoms with van der Waals surface area (Å²) in [6, 6.07) is 5.14. The highest BCUT2D eigenvalue weighted by atomic mass is 35.5. The lowest BCUT2D eigenvalue weighted by Crippen LogP contribution is -2.05. The van der Waals surface area contributed by atoms with Gasteiger partial charge in [-0.3, -0.25) is 4.68 Å². The second kappa shape index (κ2) is 5.63. The standard InChI is InChI=1S/C13H12Cl2N2O2/c1-3-19-13(18)8-7-17(2)16-12(8)11-9(14)5-4-6-10(11)15/h4-7H,3H2,1-2H3. The zero-order valence-corrected chi connectivity index (χ0v) is 12.0. The number of hydrogen-bond acceptors (Lipinski definition) is 3. The molecule has 0 bridgehead atoms. The molecule has 0 radical (unpaired) electrons. The van der Waals surface area contributed by atoms with E-state index in [1.807, 2.05) is 0 Å². The van der Waals surface area contributed by atoms with Crippen LogP contribution < -0.4 is 0 Å². The Kier molecular flexibility index (Phi) is 4.12. The van der Waals surface area contributed by atoms with Gasteiger partial charge in [-0.15, -0.1) is 0 Å². The van der Waals surface area contributed by atoms with Crippen molar-refractivity contribution in [3.8, 4) is 11.3 Å². The molecular formula is C13H12Cl2N2O2. The van der Waals surface area contributed by atoms with Crippen LogP contribution in [-0.2, 0) is 11.8 Å². The normalized spacial score (nSPS) is 10.5. The Morgan fingerprint density at radius 3 is 2.58 bits per heavy atom. The summed E-state index contributed by atoms with van der Waals surface area (Å²) in [5, 5.41) is 5.14. The van der Waals surface area contributed by atoms with Crippen LogP contribution in [-0.4, -0.2) is 22.4 Å². The van der Waals surface area contributed by atoms with Gasteiger partial charge in [0.15, 0.2) is 0 Å². The lowest BCUT2D eigenvalue weighted by atomic mass is 10.1. The molecule has 0 saturated heterocycles. The molecule has 0 N–H and O–H groups in total. The number of rotatable bonds is 3. The van der Waals surface area contributed by atoms with Gasteiger partial charge in [0.05, 0.1) is 16.7 Å². The molecule has 1 aromatic heterocycles. The van der Waals surface area contributed by atoms with Crippen molar-refractivity contribution in [2.24, 2.45) is 7.05 Å². The lowest BCUT2D eigenvalue weighted by Gasteiger charge is -2.06. The Morgan fingerprint density at radius 2 is 2.00 bits per heavy atom. The first-order valence-corrected chi connectivity index (χ1v) is 6.45. The second-order valence-electron chi connectivity index (χ2n) is 3.88. The number of hydrogen-bond donors (Lipinski definition) is 0. The molecule has 0 fully saturated rings. The summed E-state index contributed by atoms with van der Waals surface area (Å²) in [6.45, 7) is 2.04. The molecule has 0 aliphatic heterocycles. The van der Waals surface area contributed by atoms with Crippen LogP contribution in [0.3, 0.4) is 0 Å². The first kappa shape index (κ1) is 13.9. The molecule has 4 nitrogen and oxygen atoms in total. The monoisotopic (exact) mass is 298 g/mol. The van der Waals surface area contributed by atoms with E-state index in [9.17, 15) is 4.79 Å². The SMILES string of the molecule is CCOC(=O)c1cn(C)nc1-c1c(Cl)cccc1Cl. The highest BCUT2D eigenvalue weighted by Gasteiger charge is 2.21. The van der Waals surface area contributed by atoms with Gasteiger partial charge in [0.1, 0.15) is 11.3 Å². The molecule has 0 unspecified atom stereocenters. The van der Waals surface area contributed by atoms with Gasteiger partial charge in [-0.25, -0.2) is 4.79 Å². The zero-order valence-electron chi connectivity index (χ0n) is 10.5. The van der Waals surface area contributed by atoms with Crippen molar-refractivity contribution in [2.45, 2.75) is 6.92 Å². The first-order valence-electron chi connectivity index (χ1n) is 5.69. The predicted octanol–water partition coefficient (Wildman–Crippen LogP) is 3.57. The summed E-state index contributed by atoms with van der Waals surface area (Å²) < 4.78 is 6.53. The molecule has 2 aromatic rings. The van der Waals surface area contributed by atoms with Crippen molar-refractivity contribution in [1.82, 2.24) is 9.78 Å². The van der Waals surface area contributed by atoms with Crippen LogP contribution in [0.1, 0.15) is 17.3 Å². The molecule has 0 saturated carbocycles. The number of esters is 1. The van der Waals surface area contributed by atoms with Crippen LogP contribution in [0.2, 0.25) is 10.0 Å². The van der Waals surface area contributed by atoms with Crippen molar-refractivity contribution in [3.63, 3.8) is 0 Å². The Bertz CT molecular complexity index is 603. The van der Waals surface area contributed by atoms with E-state index in [0.29, 0.717) is 33.5 Å².